The van der Waals surface area contributed by atoms with Crippen LogP contribution >= 0.6 is 15.9 Å². The minimum Gasteiger partial charge on any atom is -0.369 e. The molecule has 0 aromatic heterocycles. The van der Waals surface area contributed by atoms with Crippen molar-refractivity contribution in [2.24, 2.45) is 0 Å². The van der Waals surface area contributed by atoms with Crippen molar-refractivity contribution in [2.45, 2.75) is 38.6 Å². The molecule has 1 unspecified atom stereocenters. The third-order valence-electron chi connectivity index (χ3n) is 2.89. The first-order chi connectivity index (χ1) is 7.22. The van der Waals surface area contributed by atoms with E-state index in [0.717, 1.165) is 11.9 Å². The Hall–Kier alpha value is -0.500. The minimum absolute atomic E-state index is 0.616. The lowest BCUT2D eigenvalue weighted by atomic mass is 10.1. The lowest BCUT2D eigenvalue weighted by Crippen LogP contribution is -2.32. The van der Waals surface area contributed by atoms with Crippen molar-refractivity contribution in [3.63, 3.8) is 0 Å². The van der Waals surface area contributed by atoms with E-state index in [-0.39, 0.29) is 0 Å². The molecule has 0 N–H and O–H groups in total. The predicted molar refractivity (Wildman–Crippen MR) is 71.8 cm³/mol. The number of hydrogen-bond acceptors (Lipinski definition) is 1. The molecule has 0 saturated heterocycles. The van der Waals surface area contributed by atoms with Crippen LogP contribution in [-0.2, 0) is 5.33 Å². The van der Waals surface area contributed by atoms with Gasteiger partial charge in [0, 0.05) is 23.6 Å². The van der Waals surface area contributed by atoms with Crippen molar-refractivity contribution >= 4 is 21.6 Å². The summed E-state index contributed by atoms with van der Waals surface area (Å²) in [7, 11) is 0. The molecule has 2 heteroatoms. The largest absolute Gasteiger partial charge is 0.369 e. The highest BCUT2D eigenvalue weighted by atomic mass is 79.9. The van der Waals surface area contributed by atoms with E-state index in [9.17, 15) is 0 Å². The van der Waals surface area contributed by atoms with Gasteiger partial charge in [0.1, 0.15) is 0 Å². The Morgan fingerprint density at radius 2 is 1.80 bits per heavy atom. The first-order valence-electron chi connectivity index (χ1n) is 5.64. The number of hydrogen-bond donors (Lipinski definition) is 0. The van der Waals surface area contributed by atoms with Gasteiger partial charge in [0.05, 0.1) is 0 Å². The lowest BCUT2D eigenvalue weighted by Gasteiger charge is -2.29. The van der Waals surface area contributed by atoms with Crippen LogP contribution in [0.2, 0.25) is 0 Å². The minimum atomic E-state index is 0.616. The first kappa shape index (κ1) is 12.6. The average molecular weight is 270 g/mol. The fourth-order valence-corrected chi connectivity index (χ4v) is 2.12. The van der Waals surface area contributed by atoms with Crippen LogP contribution in [0.5, 0.6) is 0 Å². The number of benzene rings is 1. The molecule has 0 spiro atoms. The Morgan fingerprint density at radius 1 is 1.20 bits per heavy atom. The van der Waals surface area contributed by atoms with Gasteiger partial charge in [0.25, 0.3) is 0 Å². The molecule has 1 nitrogen and oxygen atoms in total. The highest BCUT2D eigenvalue weighted by Crippen LogP contribution is 2.19. The fraction of sp³-hybridized carbons (Fsp3) is 0.538. The maximum atomic E-state index is 3.47. The molecule has 1 atom stereocenters. The normalized spacial score (nSPS) is 12.5. The topological polar surface area (TPSA) is 3.24 Å². The van der Waals surface area contributed by atoms with Crippen molar-refractivity contribution in [2.75, 3.05) is 11.4 Å². The van der Waals surface area contributed by atoms with E-state index in [2.05, 4.69) is 65.9 Å². The molecule has 0 bridgehead atoms. The quantitative estimate of drug-likeness (QED) is 0.724. The smallest absolute Gasteiger partial charge is 0.0368 e. The molecule has 15 heavy (non-hydrogen) atoms. The summed E-state index contributed by atoms with van der Waals surface area (Å²) in [5, 5.41) is 0.933. The Balaban J connectivity index is 2.83. The summed E-state index contributed by atoms with van der Waals surface area (Å²) in [5.74, 6) is 0. The van der Waals surface area contributed by atoms with Crippen molar-refractivity contribution in [3.05, 3.63) is 29.8 Å². The average Bonchev–Trinajstić information content (AvgIpc) is 2.30. The molecule has 1 aromatic rings. The number of nitrogens with zero attached hydrogens (tertiary/aromatic N) is 1. The maximum absolute atomic E-state index is 3.47. The first-order valence-corrected chi connectivity index (χ1v) is 6.76. The van der Waals surface area contributed by atoms with E-state index in [1.54, 1.807) is 0 Å². The third-order valence-corrected chi connectivity index (χ3v) is 3.53. The summed E-state index contributed by atoms with van der Waals surface area (Å²) in [4.78, 5) is 2.44. The van der Waals surface area contributed by atoms with Crippen LogP contribution in [0.15, 0.2) is 24.3 Å². The van der Waals surface area contributed by atoms with E-state index in [1.165, 1.54) is 17.7 Å². The van der Waals surface area contributed by atoms with E-state index in [1.807, 2.05) is 0 Å². The van der Waals surface area contributed by atoms with Gasteiger partial charge >= 0.3 is 0 Å². The molecule has 0 fully saturated rings. The highest BCUT2D eigenvalue weighted by Gasteiger charge is 2.10. The molecule has 84 valence electrons. The Morgan fingerprint density at radius 3 is 2.20 bits per heavy atom. The summed E-state index contributed by atoms with van der Waals surface area (Å²) >= 11 is 3.47. The van der Waals surface area contributed by atoms with Crippen molar-refractivity contribution < 1.29 is 0 Å². The monoisotopic (exact) mass is 269 g/mol. The molecule has 0 aliphatic heterocycles. The standard InChI is InChI=1S/C13H20BrN/c1-4-11(3)15(5-2)13-8-6-12(10-14)7-9-13/h6-9,11H,4-5,10H2,1-3H3. The van der Waals surface area contributed by atoms with Gasteiger partial charge in [0.2, 0.25) is 0 Å². The lowest BCUT2D eigenvalue weighted by molar-refractivity contribution is 0.630. The number of anilines is 1. The zero-order valence-electron chi connectivity index (χ0n) is 9.83. The van der Waals surface area contributed by atoms with Gasteiger partial charge in [-0.2, -0.15) is 0 Å². The summed E-state index contributed by atoms with van der Waals surface area (Å²) in [6.45, 7) is 7.80. The zero-order chi connectivity index (χ0) is 11.3. The van der Waals surface area contributed by atoms with Gasteiger partial charge in [0.15, 0.2) is 0 Å². The maximum Gasteiger partial charge on any atom is 0.0368 e. The molecule has 0 aliphatic rings. The van der Waals surface area contributed by atoms with Crippen LogP contribution in [0.4, 0.5) is 5.69 Å². The predicted octanol–water partition coefficient (Wildman–Crippen LogP) is 4.21. The number of halogens is 1. The molecule has 0 heterocycles. The van der Waals surface area contributed by atoms with Crippen LogP contribution in [0.3, 0.4) is 0 Å². The summed E-state index contributed by atoms with van der Waals surface area (Å²) in [6.07, 6.45) is 1.19. The Kier molecular flexibility index (Phi) is 5.16. The Bertz CT molecular complexity index is 281. The van der Waals surface area contributed by atoms with Crippen LogP contribution in [0.1, 0.15) is 32.8 Å². The second kappa shape index (κ2) is 6.16. The fourth-order valence-electron chi connectivity index (χ4n) is 1.75. The summed E-state index contributed by atoms with van der Waals surface area (Å²) in [5.41, 5.74) is 2.66. The number of rotatable bonds is 5. The van der Waals surface area contributed by atoms with Crippen LogP contribution in [-0.4, -0.2) is 12.6 Å². The van der Waals surface area contributed by atoms with Crippen LogP contribution in [0, 0.1) is 0 Å². The zero-order valence-corrected chi connectivity index (χ0v) is 11.4. The van der Waals surface area contributed by atoms with Gasteiger partial charge in [-0.25, -0.2) is 0 Å². The molecule has 0 saturated carbocycles. The van der Waals surface area contributed by atoms with Crippen molar-refractivity contribution in [1.29, 1.82) is 0 Å². The van der Waals surface area contributed by atoms with Gasteiger partial charge < -0.3 is 4.90 Å². The van der Waals surface area contributed by atoms with Gasteiger partial charge in [-0.3, -0.25) is 0 Å². The summed E-state index contributed by atoms with van der Waals surface area (Å²) in [6, 6.07) is 9.42. The van der Waals surface area contributed by atoms with Crippen LogP contribution in [0.25, 0.3) is 0 Å². The van der Waals surface area contributed by atoms with E-state index < -0.39 is 0 Å². The van der Waals surface area contributed by atoms with Gasteiger partial charge in [-0.05, 0) is 38.0 Å². The molecular formula is C13H20BrN. The third kappa shape index (κ3) is 3.23. The SMILES string of the molecule is CCC(C)N(CC)c1ccc(CBr)cc1. The molecule has 0 radical (unpaired) electrons. The van der Waals surface area contributed by atoms with E-state index >= 15 is 0 Å². The van der Waals surface area contributed by atoms with Gasteiger partial charge in [-0.1, -0.05) is 35.0 Å². The molecule has 1 rings (SSSR count). The second-order valence-electron chi connectivity index (χ2n) is 3.84. The highest BCUT2D eigenvalue weighted by molar-refractivity contribution is 9.08. The van der Waals surface area contributed by atoms with Crippen molar-refractivity contribution in [3.8, 4) is 0 Å². The molecule has 0 amide bonds. The molecule has 1 aromatic carbocycles. The second-order valence-corrected chi connectivity index (χ2v) is 4.40. The molecular weight excluding hydrogens is 250 g/mol. The number of alkyl halides is 1. The van der Waals surface area contributed by atoms with Gasteiger partial charge in [-0.15, -0.1) is 0 Å². The van der Waals surface area contributed by atoms with Crippen LogP contribution < -0.4 is 4.90 Å². The summed E-state index contributed by atoms with van der Waals surface area (Å²) < 4.78 is 0. The van der Waals surface area contributed by atoms with E-state index in [4.69, 9.17) is 0 Å². The molecule has 0 aliphatic carbocycles. The van der Waals surface area contributed by atoms with Crippen molar-refractivity contribution in [1.82, 2.24) is 0 Å². The Labute approximate surface area is 102 Å². The van der Waals surface area contributed by atoms with E-state index in [0.29, 0.717) is 6.04 Å².